The van der Waals surface area contributed by atoms with Gasteiger partial charge in [-0.15, -0.1) is 12.4 Å². The van der Waals surface area contributed by atoms with Crippen molar-refractivity contribution < 1.29 is 14.3 Å². The van der Waals surface area contributed by atoms with Crippen LogP contribution in [0.4, 0.5) is 4.39 Å². The van der Waals surface area contributed by atoms with Crippen molar-refractivity contribution in [3.8, 4) is 0 Å². The predicted molar refractivity (Wildman–Crippen MR) is 64.8 cm³/mol. The molecule has 6 heteroatoms. The number of halogens is 2. The van der Waals surface area contributed by atoms with Crippen molar-refractivity contribution in [1.82, 2.24) is 4.98 Å². The molecule has 1 atom stereocenters. The van der Waals surface area contributed by atoms with E-state index >= 15 is 0 Å². The number of aromatic nitrogens is 1. The lowest BCUT2D eigenvalue weighted by Gasteiger charge is -2.04. The number of carboxylic acids is 1. The minimum Gasteiger partial charge on any atom is -0.480 e. The van der Waals surface area contributed by atoms with Gasteiger partial charge in [-0.1, -0.05) is 0 Å². The van der Waals surface area contributed by atoms with Crippen molar-refractivity contribution in [3.05, 3.63) is 35.8 Å². The number of fused-ring (bicyclic) bond motifs is 1. The quantitative estimate of drug-likeness (QED) is 0.784. The van der Waals surface area contributed by atoms with Gasteiger partial charge in [0.15, 0.2) is 0 Å². The Labute approximate surface area is 103 Å². The number of hydrogen-bond acceptors (Lipinski definition) is 2. The van der Waals surface area contributed by atoms with Crippen LogP contribution in [0.3, 0.4) is 0 Å². The number of H-pyrrole nitrogens is 1. The van der Waals surface area contributed by atoms with E-state index in [1.165, 1.54) is 12.1 Å². The second-order valence-corrected chi connectivity index (χ2v) is 3.65. The summed E-state index contributed by atoms with van der Waals surface area (Å²) in [5.74, 6) is -1.38. The fraction of sp³-hybridized carbons (Fsp3) is 0.182. The number of carboxylic acid groups (broad SMARTS) is 1. The number of nitrogens with two attached hydrogens (primary N) is 1. The molecule has 92 valence electrons. The average molecular weight is 259 g/mol. The van der Waals surface area contributed by atoms with Crippen molar-refractivity contribution in [2.75, 3.05) is 0 Å². The van der Waals surface area contributed by atoms with E-state index < -0.39 is 12.0 Å². The molecule has 0 unspecified atom stereocenters. The second-order valence-electron chi connectivity index (χ2n) is 3.65. The summed E-state index contributed by atoms with van der Waals surface area (Å²) in [4.78, 5) is 13.5. The predicted octanol–water partition coefficient (Wildman–Crippen LogP) is 1.68. The highest BCUT2D eigenvalue weighted by atomic mass is 35.5. The Morgan fingerprint density at radius 2 is 2.24 bits per heavy atom. The molecule has 0 aliphatic carbocycles. The summed E-state index contributed by atoms with van der Waals surface area (Å²) in [6.45, 7) is 0. The van der Waals surface area contributed by atoms with Gasteiger partial charge in [-0.25, -0.2) is 4.39 Å². The first kappa shape index (κ1) is 13.5. The Morgan fingerprint density at radius 3 is 2.88 bits per heavy atom. The van der Waals surface area contributed by atoms with Crippen LogP contribution in [0.1, 0.15) is 5.56 Å². The van der Waals surface area contributed by atoms with Crippen molar-refractivity contribution in [1.29, 1.82) is 0 Å². The van der Waals surface area contributed by atoms with E-state index in [0.717, 1.165) is 10.9 Å². The highest BCUT2D eigenvalue weighted by molar-refractivity contribution is 5.85. The molecule has 0 saturated carbocycles. The van der Waals surface area contributed by atoms with Gasteiger partial charge in [0, 0.05) is 23.5 Å². The molecule has 0 fully saturated rings. The molecule has 2 aromatic rings. The van der Waals surface area contributed by atoms with Crippen LogP contribution in [-0.4, -0.2) is 22.1 Å². The molecule has 0 bridgehead atoms. The molecule has 0 amide bonds. The topological polar surface area (TPSA) is 79.1 Å². The van der Waals surface area contributed by atoms with E-state index in [2.05, 4.69) is 4.98 Å². The lowest BCUT2D eigenvalue weighted by molar-refractivity contribution is -0.138. The van der Waals surface area contributed by atoms with Gasteiger partial charge in [0.25, 0.3) is 0 Å². The minimum absolute atomic E-state index is 0. The number of benzene rings is 1. The fourth-order valence-corrected chi connectivity index (χ4v) is 1.65. The minimum atomic E-state index is -1.04. The maximum absolute atomic E-state index is 12.9. The fourth-order valence-electron chi connectivity index (χ4n) is 1.65. The Morgan fingerprint density at radius 1 is 1.53 bits per heavy atom. The van der Waals surface area contributed by atoms with Crippen LogP contribution in [0.2, 0.25) is 0 Å². The first-order valence-electron chi connectivity index (χ1n) is 4.82. The SMILES string of the molecule is Cl.N[C@@H](Cc1c[nH]c2cc(F)ccc12)C(=O)O. The number of rotatable bonds is 3. The molecule has 1 heterocycles. The zero-order chi connectivity index (χ0) is 11.7. The zero-order valence-corrected chi connectivity index (χ0v) is 9.63. The normalized spacial score (nSPS) is 12.1. The van der Waals surface area contributed by atoms with Gasteiger partial charge in [-0.3, -0.25) is 4.79 Å². The third kappa shape index (κ3) is 2.75. The van der Waals surface area contributed by atoms with Crippen LogP contribution < -0.4 is 5.73 Å². The molecule has 0 aliphatic rings. The van der Waals surface area contributed by atoms with Crippen molar-refractivity contribution >= 4 is 29.3 Å². The summed E-state index contributed by atoms with van der Waals surface area (Å²) in [5, 5.41) is 9.51. The van der Waals surface area contributed by atoms with E-state index in [1.54, 1.807) is 12.3 Å². The van der Waals surface area contributed by atoms with Crippen LogP contribution in [-0.2, 0) is 11.2 Å². The van der Waals surface area contributed by atoms with Crippen LogP contribution in [0.15, 0.2) is 24.4 Å². The summed E-state index contributed by atoms with van der Waals surface area (Å²) in [7, 11) is 0. The molecular weight excluding hydrogens is 247 g/mol. The van der Waals surface area contributed by atoms with Crippen LogP contribution >= 0.6 is 12.4 Å². The molecule has 2 rings (SSSR count). The Bertz CT molecular complexity index is 541. The number of aliphatic carboxylic acids is 1. The van der Waals surface area contributed by atoms with E-state index in [-0.39, 0.29) is 24.6 Å². The highest BCUT2D eigenvalue weighted by Crippen LogP contribution is 2.20. The summed E-state index contributed by atoms with van der Waals surface area (Å²) >= 11 is 0. The second kappa shape index (κ2) is 5.16. The first-order chi connectivity index (χ1) is 7.58. The Hall–Kier alpha value is -1.59. The third-order valence-corrected chi connectivity index (χ3v) is 2.49. The van der Waals surface area contributed by atoms with Crippen molar-refractivity contribution in [2.24, 2.45) is 5.73 Å². The molecule has 0 aliphatic heterocycles. The van der Waals surface area contributed by atoms with Crippen LogP contribution in [0.5, 0.6) is 0 Å². The van der Waals surface area contributed by atoms with Gasteiger partial charge in [0.2, 0.25) is 0 Å². The van der Waals surface area contributed by atoms with Crippen molar-refractivity contribution in [2.45, 2.75) is 12.5 Å². The highest BCUT2D eigenvalue weighted by Gasteiger charge is 2.14. The van der Waals surface area contributed by atoms with E-state index in [1.807, 2.05) is 0 Å². The maximum Gasteiger partial charge on any atom is 0.320 e. The zero-order valence-electron chi connectivity index (χ0n) is 8.81. The molecule has 0 spiro atoms. The van der Waals surface area contributed by atoms with Gasteiger partial charge in [0.05, 0.1) is 0 Å². The lowest BCUT2D eigenvalue weighted by atomic mass is 10.1. The Balaban J connectivity index is 0.00000144. The van der Waals surface area contributed by atoms with Gasteiger partial charge in [-0.2, -0.15) is 0 Å². The largest absolute Gasteiger partial charge is 0.480 e. The number of aromatic amines is 1. The van der Waals surface area contributed by atoms with Gasteiger partial charge < -0.3 is 15.8 Å². The summed E-state index contributed by atoms with van der Waals surface area (Å²) in [5.41, 5.74) is 6.87. The van der Waals surface area contributed by atoms with Crippen molar-refractivity contribution in [3.63, 3.8) is 0 Å². The molecule has 0 radical (unpaired) electrons. The molecule has 1 aromatic carbocycles. The molecule has 1 aromatic heterocycles. The molecule has 4 nitrogen and oxygen atoms in total. The third-order valence-electron chi connectivity index (χ3n) is 2.49. The molecule has 0 saturated heterocycles. The van der Waals surface area contributed by atoms with E-state index in [4.69, 9.17) is 10.8 Å². The van der Waals surface area contributed by atoms with Gasteiger partial charge in [-0.05, 0) is 23.8 Å². The molecule has 17 heavy (non-hydrogen) atoms. The standard InChI is InChI=1S/C11H11FN2O2.ClH/c12-7-1-2-8-6(3-9(13)11(15)16)5-14-10(8)4-7;/h1-2,4-5,9,14H,3,13H2,(H,15,16);1H/t9-;/m0./s1. The number of nitrogens with one attached hydrogen (secondary N) is 1. The summed E-state index contributed by atoms with van der Waals surface area (Å²) < 4.78 is 12.9. The maximum atomic E-state index is 12.9. The average Bonchev–Trinajstić information content (AvgIpc) is 2.60. The summed E-state index contributed by atoms with van der Waals surface area (Å²) in [6, 6.07) is 3.38. The first-order valence-corrected chi connectivity index (χ1v) is 4.82. The monoisotopic (exact) mass is 258 g/mol. The Kier molecular flexibility index (Phi) is 4.09. The number of hydrogen-bond donors (Lipinski definition) is 3. The summed E-state index contributed by atoms with van der Waals surface area (Å²) in [6.07, 6.45) is 1.88. The van der Waals surface area contributed by atoms with Gasteiger partial charge in [0.1, 0.15) is 11.9 Å². The van der Waals surface area contributed by atoms with Gasteiger partial charge >= 0.3 is 5.97 Å². The van der Waals surface area contributed by atoms with E-state index in [9.17, 15) is 9.18 Å². The van der Waals surface area contributed by atoms with E-state index in [0.29, 0.717) is 5.52 Å². The lowest BCUT2D eigenvalue weighted by Crippen LogP contribution is -2.32. The smallest absolute Gasteiger partial charge is 0.320 e. The molecular formula is C11H12ClFN2O2. The van der Waals surface area contributed by atoms with Crippen LogP contribution in [0, 0.1) is 5.82 Å². The molecule has 4 N–H and O–H groups in total. The number of carbonyl (C=O) groups is 1. The van der Waals surface area contributed by atoms with Crippen LogP contribution in [0.25, 0.3) is 10.9 Å².